The van der Waals surface area contributed by atoms with Gasteiger partial charge >= 0.3 is 0 Å². The first-order valence-electron chi connectivity index (χ1n) is 7.23. The first-order chi connectivity index (χ1) is 9.76. The summed E-state index contributed by atoms with van der Waals surface area (Å²) in [7, 11) is 1.90. The molecule has 0 radical (unpaired) electrons. The molecule has 0 spiro atoms. The van der Waals surface area contributed by atoms with Crippen LogP contribution in [0.1, 0.15) is 31.9 Å². The summed E-state index contributed by atoms with van der Waals surface area (Å²) in [5.74, 6) is -0.0591. The first kappa shape index (κ1) is 17.2. The zero-order chi connectivity index (χ0) is 16.0. The smallest absolute Gasteiger partial charge is 0.235 e. The summed E-state index contributed by atoms with van der Waals surface area (Å²) in [5, 5.41) is 12.0. The number of aryl methyl sites for hydroxylation is 1. The van der Waals surface area contributed by atoms with Crippen LogP contribution in [0.5, 0.6) is 0 Å². The van der Waals surface area contributed by atoms with Gasteiger partial charge in [0.15, 0.2) is 0 Å². The van der Waals surface area contributed by atoms with Crippen molar-refractivity contribution in [3.63, 3.8) is 0 Å². The Labute approximate surface area is 127 Å². The van der Waals surface area contributed by atoms with E-state index in [0.29, 0.717) is 6.54 Å². The van der Waals surface area contributed by atoms with Crippen molar-refractivity contribution in [2.75, 3.05) is 13.6 Å². The van der Waals surface area contributed by atoms with E-state index >= 15 is 0 Å². The van der Waals surface area contributed by atoms with E-state index in [1.54, 1.807) is 6.92 Å². The van der Waals surface area contributed by atoms with E-state index in [1.807, 2.05) is 25.8 Å². The van der Waals surface area contributed by atoms with Crippen molar-refractivity contribution in [2.24, 2.45) is 5.92 Å². The van der Waals surface area contributed by atoms with Crippen LogP contribution < -0.4 is 5.32 Å². The number of carbonyl (C=O) groups excluding carboxylic acids is 1. The van der Waals surface area contributed by atoms with Crippen LogP contribution >= 0.6 is 0 Å². The number of carbonyl (C=O) groups is 1. The SMILES string of the molecule is Cc1ccc(CN(C)CC(=O)N[C@@](C)(C#N)C(C)C)cc1. The minimum absolute atomic E-state index is 0.0638. The van der Waals surface area contributed by atoms with Crippen LogP contribution in [0.2, 0.25) is 0 Å². The second-order valence-corrected chi connectivity index (χ2v) is 6.17. The molecule has 1 amide bonds. The van der Waals surface area contributed by atoms with Gasteiger partial charge in [0.05, 0.1) is 12.6 Å². The molecule has 0 aliphatic carbocycles. The Morgan fingerprint density at radius 2 is 1.95 bits per heavy atom. The average molecular weight is 287 g/mol. The van der Waals surface area contributed by atoms with Crippen molar-refractivity contribution >= 4 is 5.91 Å². The zero-order valence-electron chi connectivity index (χ0n) is 13.6. The van der Waals surface area contributed by atoms with E-state index < -0.39 is 5.54 Å². The van der Waals surface area contributed by atoms with Crippen molar-refractivity contribution in [1.29, 1.82) is 5.26 Å². The summed E-state index contributed by atoms with van der Waals surface area (Å²) in [6.45, 7) is 8.65. The summed E-state index contributed by atoms with van der Waals surface area (Å²) >= 11 is 0. The molecule has 114 valence electrons. The number of nitriles is 1. The number of nitrogens with one attached hydrogen (secondary N) is 1. The molecule has 0 aliphatic rings. The normalized spacial score (nSPS) is 13.8. The second kappa shape index (κ2) is 7.24. The highest BCUT2D eigenvalue weighted by molar-refractivity contribution is 5.79. The van der Waals surface area contributed by atoms with Crippen molar-refractivity contribution in [3.05, 3.63) is 35.4 Å². The van der Waals surface area contributed by atoms with Gasteiger partial charge in [-0.15, -0.1) is 0 Å². The van der Waals surface area contributed by atoms with Crippen molar-refractivity contribution in [2.45, 2.75) is 39.8 Å². The van der Waals surface area contributed by atoms with E-state index in [9.17, 15) is 10.1 Å². The summed E-state index contributed by atoms with van der Waals surface area (Å²) in [6, 6.07) is 10.4. The lowest BCUT2D eigenvalue weighted by Crippen LogP contribution is -2.51. The van der Waals surface area contributed by atoms with Gasteiger partial charge in [-0.05, 0) is 32.4 Å². The molecule has 0 unspecified atom stereocenters. The molecule has 1 aromatic carbocycles. The maximum atomic E-state index is 12.1. The van der Waals surface area contributed by atoms with E-state index in [-0.39, 0.29) is 18.4 Å². The van der Waals surface area contributed by atoms with Crippen molar-refractivity contribution in [1.82, 2.24) is 10.2 Å². The van der Waals surface area contributed by atoms with E-state index in [4.69, 9.17) is 0 Å². The predicted molar refractivity (Wildman–Crippen MR) is 84.5 cm³/mol. The van der Waals surface area contributed by atoms with Crippen LogP contribution in [0, 0.1) is 24.2 Å². The summed E-state index contributed by atoms with van der Waals surface area (Å²) in [6.07, 6.45) is 0. The quantitative estimate of drug-likeness (QED) is 0.874. The van der Waals surface area contributed by atoms with Crippen LogP contribution in [0.15, 0.2) is 24.3 Å². The number of likely N-dealkylation sites (N-methyl/N-ethyl adjacent to an activating group) is 1. The van der Waals surface area contributed by atoms with E-state index in [0.717, 1.165) is 0 Å². The summed E-state index contributed by atoms with van der Waals surface area (Å²) in [4.78, 5) is 14.0. The molecule has 0 saturated heterocycles. The van der Waals surface area contributed by atoms with Crippen LogP contribution in [0.3, 0.4) is 0 Å². The largest absolute Gasteiger partial charge is 0.337 e. The van der Waals surface area contributed by atoms with Gasteiger partial charge < -0.3 is 5.32 Å². The van der Waals surface area contributed by atoms with Gasteiger partial charge in [0.25, 0.3) is 0 Å². The predicted octanol–water partition coefficient (Wildman–Crippen LogP) is 2.48. The molecule has 0 saturated carbocycles. The highest BCUT2D eigenvalue weighted by Gasteiger charge is 2.30. The fourth-order valence-electron chi connectivity index (χ4n) is 1.94. The minimum atomic E-state index is -0.818. The Bertz CT molecular complexity index is 516. The highest BCUT2D eigenvalue weighted by atomic mass is 16.2. The van der Waals surface area contributed by atoms with Gasteiger partial charge in [0.1, 0.15) is 5.54 Å². The molecule has 1 rings (SSSR count). The third kappa shape index (κ3) is 5.20. The van der Waals surface area contributed by atoms with Crippen LogP contribution in [-0.4, -0.2) is 29.9 Å². The molecule has 4 nitrogen and oxygen atoms in total. The first-order valence-corrected chi connectivity index (χ1v) is 7.23. The maximum absolute atomic E-state index is 12.1. The number of hydrogen-bond acceptors (Lipinski definition) is 3. The second-order valence-electron chi connectivity index (χ2n) is 6.17. The van der Waals surface area contributed by atoms with Gasteiger partial charge in [0.2, 0.25) is 5.91 Å². The lowest BCUT2D eigenvalue weighted by Gasteiger charge is -2.28. The van der Waals surface area contributed by atoms with Gasteiger partial charge in [-0.1, -0.05) is 43.7 Å². The van der Waals surface area contributed by atoms with E-state index in [1.165, 1.54) is 11.1 Å². The average Bonchev–Trinajstić information content (AvgIpc) is 2.40. The Kier molecular flexibility index (Phi) is 5.92. The molecule has 0 aromatic heterocycles. The number of amides is 1. The van der Waals surface area contributed by atoms with Gasteiger partial charge in [0, 0.05) is 6.54 Å². The molecule has 0 bridgehead atoms. The molecule has 1 aromatic rings. The monoisotopic (exact) mass is 287 g/mol. The Hall–Kier alpha value is -1.86. The van der Waals surface area contributed by atoms with Gasteiger partial charge in [-0.3, -0.25) is 9.69 Å². The molecular weight excluding hydrogens is 262 g/mol. The molecule has 4 heteroatoms. The molecule has 21 heavy (non-hydrogen) atoms. The lowest BCUT2D eigenvalue weighted by atomic mass is 9.90. The fourth-order valence-corrected chi connectivity index (χ4v) is 1.94. The summed E-state index contributed by atoms with van der Waals surface area (Å²) in [5.41, 5.74) is 1.57. The molecule has 0 fully saturated rings. The topological polar surface area (TPSA) is 56.1 Å². The lowest BCUT2D eigenvalue weighted by molar-refractivity contribution is -0.123. The van der Waals surface area contributed by atoms with Gasteiger partial charge in [-0.2, -0.15) is 5.26 Å². The van der Waals surface area contributed by atoms with Crippen LogP contribution in [0.25, 0.3) is 0 Å². The van der Waals surface area contributed by atoms with Crippen molar-refractivity contribution < 1.29 is 4.79 Å². The van der Waals surface area contributed by atoms with Crippen LogP contribution in [-0.2, 0) is 11.3 Å². The molecule has 0 aliphatic heterocycles. The number of rotatable bonds is 6. The van der Waals surface area contributed by atoms with E-state index in [2.05, 4.69) is 42.6 Å². The van der Waals surface area contributed by atoms with Crippen molar-refractivity contribution in [3.8, 4) is 6.07 Å². The third-order valence-electron chi connectivity index (χ3n) is 3.77. The number of hydrogen-bond donors (Lipinski definition) is 1. The minimum Gasteiger partial charge on any atom is -0.337 e. The van der Waals surface area contributed by atoms with Crippen LogP contribution in [0.4, 0.5) is 0 Å². The maximum Gasteiger partial charge on any atom is 0.235 e. The van der Waals surface area contributed by atoms with Gasteiger partial charge in [-0.25, -0.2) is 0 Å². The molecule has 1 atom stereocenters. The third-order valence-corrected chi connectivity index (χ3v) is 3.77. The molecule has 0 heterocycles. The zero-order valence-corrected chi connectivity index (χ0v) is 13.6. The standard InChI is InChI=1S/C17H25N3O/c1-13(2)17(4,12-18)19-16(21)11-20(5)10-15-8-6-14(3)7-9-15/h6-9,13H,10-11H2,1-5H3,(H,19,21)/t17-/m0/s1. The fraction of sp³-hybridized carbons (Fsp3) is 0.529. The Balaban J connectivity index is 2.55. The Morgan fingerprint density at radius 3 is 2.43 bits per heavy atom. The Morgan fingerprint density at radius 1 is 1.38 bits per heavy atom. The number of benzene rings is 1. The molecular formula is C17H25N3O. The molecule has 1 N–H and O–H groups in total. The summed E-state index contributed by atoms with van der Waals surface area (Å²) < 4.78 is 0. The highest BCUT2D eigenvalue weighted by Crippen LogP contribution is 2.15. The number of nitrogens with zero attached hydrogens (tertiary/aromatic N) is 2.